The predicted molar refractivity (Wildman–Crippen MR) is 93.2 cm³/mol. The van der Waals surface area contributed by atoms with Gasteiger partial charge in [0.25, 0.3) is 5.91 Å². The number of likely N-dealkylation sites (tertiary alicyclic amines) is 1. The molecule has 1 fully saturated rings. The van der Waals surface area contributed by atoms with Crippen LogP contribution in [-0.2, 0) is 4.79 Å². The van der Waals surface area contributed by atoms with Gasteiger partial charge in [-0.25, -0.2) is 9.97 Å². The van der Waals surface area contributed by atoms with Crippen LogP contribution in [0.5, 0.6) is 0 Å². The van der Waals surface area contributed by atoms with Gasteiger partial charge in [-0.3, -0.25) is 14.6 Å². The van der Waals surface area contributed by atoms with Gasteiger partial charge in [-0.15, -0.1) is 0 Å². The number of aromatic nitrogens is 4. The fraction of sp³-hybridized carbons (Fsp3) is 0.278. The molecule has 3 aromatic heterocycles. The van der Waals surface area contributed by atoms with E-state index >= 15 is 0 Å². The Hall–Kier alpha value is -3.29. The topological polar surface area (TPSA) is 92.5 Å². The molecule has 8 heteroatoms. The van der Waals surface area contributed by atoms with Gasteiger partial charge in [0, 0.05) is 63.1 Å². The van der Waals surface area contributed by atoms with Crippen LogP contribution in [0.25, 0.3) is 5.65 Å². The van der Waals surface area contributed by atoms with Gasteiger partial charge in [-0.05, 0) is 11.6 Å². The monoisotopic (exact) mass is 350 g/mol. The molecular formula is C18H18N6O2. The molecule has 0 aliphatic carbocycles. The first-order valence-corrected chi connectivity index (χ1v) is 8.36. The summed E-state index contributed by atoms with van der Waals surface area (Å²) < 4.78 is 1.74. The number of hydrogen-bond donors (Lipinski definition) is 1. The molecule has 26 heavy (non-hydrogen) atoms. The maximum Gasteiger partial charge on any atom is 0.273 e. The Balaban J connectivity index is 1.52. The van der Waals surface area contributed by atoms with Crippen molar-refractivity contribution in [2.24, 2.45) is 5.92 Å². The lowest BCUT2D eigenvalue weighted by atomic mass is 9.94. The van der Waals surface area contributed by atoms with Crippen LogP contribution in [0, 0.1) is 5.92 Å². The molecule has 0 aromatic carbocycles. The number of imidazole rings is 1. The molecule has 0 bridgehead atoms. The van der Waals surface area contributed by atoms with E-state index in [2.05, 4.69) is 20.3 Å². The van der Waals surface area contributed by atoms with E-state index in [9.17, 15) is 9.59 Å². The third-order valence-electron chi connectivity index (χ3n) is 4.77. The molecule has 2 amide bonds. The summed E-state index contributed by atoms with van der Waals surface area (Å²) >= 11 is 0. The maximum atomic E-state index is 12.6. The minimum absolute atomic E-state index is 0.0277. The van der Waals surface area contributed by atoms with E-state index in [-0.39, 0.29) is 29.5 Å². The quantitative estimate of drug-likeness (QED) is 0.760. The summed E-state index contributed by atoms with van der Waals surface area (Å²) in [6, 6.07) is 3.70. The number of carbonyl (C=O) groups is 2. The highest BCUT2D eigenvalue weighted by atomic mass is 16.2. The molecule has 1 aliphatic rings. The Morgan fingerprint density at radius 3 is 2.85 bits per heavy atom. The minimum Gasteiger partial charge on any atom is -0.350 e. The second-order valence-corrected chi connectivity index (χ2v) is 6.34. The average Bonchev–Trinajstić information content (AvgIpc) is 3.25. The number of pyridine rings is 1. The number of carbonyl (C=O) groups excluding carboxylic acids is 2. The van der Waals surface area contributed by atoms with E-state index in [0.717, 1.165) is 5.56 Å². The van der Waals surface area contributed by atoms with Crippen LogP contribution >= 0.6 is 0 Å². The van der Waals surface area contributed by atoms with Crippen molar-refractivity contribution in [1.82, 2.24) is 29.6 Å². The molecule has 0 radical (unpaired) electrons. The zero-order valence-corrected chi connectivity index (χ0v) is 14.2. The average molecular weight is 350 g/mol. The molecule has 8 nitrogen and oxygen atoms in total. The molecule has 3 aromatic rings. The SMILES string of the molecule is CN1C(=O)C[C@@H](CNC(=O)c2nccn3ccnc23)[C@@H]1c1cccnc1. The van der Waals surface area contributed by atoms with Crippen LogP contribution in [-0.4, -0.2) is 49.7 Å². The first-order chi connectivity index (χ1) is 12.6. The van der Waals surface area contributed by atoms with Gasteiger partial charge in [0.05, 0.1) is 6.04 Å². The molecule has 2 atom stereocenters. The number of fused-ring (bicyclic) bond motifs is 1. The van der Waals surface area contributed by atoms with Gasteiger partial charge in [-0.2, -0.15) is 0 Å². The zero-order chi connectivity index (χ0) is 18.1. The summed E-state index contributed by atoms with van der Waals surface area (Å²) in [5.74, 6) is -0.263. The molecule has 0 spiro atoms. The van der Waals surface area contributed by atoms with Crippen LogP contribution in [0.3, 0.4) is 0 Å². The van der Waals surface area contributed by atoms with E-state index in [1.54, 1.807) is 53.5 Å². The van der Waals surface area contributed by atoms with Crippen molar-refractivity contribution in [2.45, 2.75) is 12.5 Å². The van der Waals surface area contributed by atoms with Crippen LogP contribution < -0.4 is 5.32 Å². The van der Waals surface area contributed by atoms with Crippen molar-refractivity contribution >= 4 is 17.5 Å². The lowest BCUT2D eigenvalue weighted by molar-refractivity contribution is -0.127. The molecule has 1 N–H and O–H groups in total. The largest absolute Gasteiger partial charge is 0.350 e. The highest BCUT2D eigenvalue weighted by Gasteiger charge is 2.38. The van der Waals surface area contributed by atoms with E-state index in [0.29, 0.717) is 18.6 Å². The number of nitrogens with one attached hydrogen (secondary N) is 1. The van der Waals surface area contributed by atoms with E-state index < -0.39 is 0 Å². The Bertz CT molecular complexity index is 954. The Labute approximate surface area is 149 Å². The van der Waals surface area contributed by atoms with Gasteiger partial charge >= 0.3 is 0 Å². The van der Waals surface area contributed by atoms with Crippen LogP contribution in [0.15, 0.2) is 49.3 Å². The van der Waals surface area contributed by atoms with Crippen molar-refractivity contribution in [3.63, 3.8) is 0 Å². The fourth-order valence-electron chi connectivity index (χ4n) is 3.50. The first-order valence-electron chi connectivity index (χ1n) is 8.36. The second kappa shape index (κ2) is 6.55. The van der Waals surface area contributed by atoms with Crippen molar-refractivity contribution in [1.29, 1.82) is 0 Å². The van der Waals surface area contributed by atoms with E-state index in [1.807, 2.05) is 12.1 Å². The molecule has 1 saturated heterocycles. The lowest BCUT2D eigenvalue weighted by Crippen LogP contribution is -2.33. The molecule has 0 saturated carbocycles. The zero-order valence-electron chi connectivity index (χ0n) is 14.2. The lowest BCUT2D eigenvalue weighted by Gasteiger charge is -2.25. The fourth-order valence-corrected chi connectivity index (χ4v) is 3.50. The molecule has 4 heterocycles. The van der Waals surface area contributed by atoms with Crippen LogP contribution in [0.1, 0.15) is 28.5 Å². The standard InChI is InChI=1S/C18H18N6O2/c1-23-14(25)9-13(16(23)12-3-2-4-19-10-12)11-22-18(26)15-17-21-6-8-24(17)7-5-20-15/h2-8,10,13,16H,9,11H2,1H3,(H,22,26)/t13-,16-/m0/s1. The normalized spacial score (nSPS) is 19.9. The van der Waals surface area contributed by atoms with Crippen LogP contribution in [0.2, 0.25) is 0 Å². The van der Waals surface area contributed by atoms with Gasteiger partial charge in [-0.1, -0.05) is 6.07 Å². The summed E-state index contributed by atoms with van der Waals surface area (Å²) in [4.78, 5) is 39.0. The summed E-state index contributed by atoms with van der Waals surface area (Å²) in [6.07, 6.45) is 10.5. The van der Waals surface area contributed by atoms with Gasteiger partial charge in [0.2, 0.25) is 5.91 Å². The molecule has 1 aliphatic heterocycles. The van der Waals surface area contributed by atoms with Gasteiger partial charge < -0.3 is 14.6 Å². The number of rotatable bonds is 4. The van der Waals surface area contributed by atoms with Crippen LogP contribution in [0.4, 0.5) is 0 Å². The maximum absolute atomic E-state index is 12.6. The Morgan fingerprint density at radius 1 is 1.27 bits per heavy atom. The van der Waals surface area contributed by atoms with E-state index in [1.165, 1.54) is 0 Å². The first kappa shape index (κ1) is 16.2. The van der Waals surface area contributed by atoms with Crippen molar-refractivity contribution in [3.05, 3.63) is 60.6 Å². The third-order valence-corrected chi connectivity index (χ3v) is 4.77. The minimum atomic E-state index is -0.297. The smallest absolute Gasteiger partial charge is 0.273 e. The summed E-state index contributed by atoms with van der Waals surface area (Å²) in [5.41, 5.74) is 1.75. The molecular weight excluding hydrogens is 332 g/mol. The van der Waals surface area contributed by atoms with Crippen molar-refractivity contribution in [2.75, 3.05) is 13.6 Å². The van der Waals surface area contributed by atoms with E-state index in [4.69, 9.17) is 0 Å². The number of amides is 2. The van der Waals surface area contributed by atoms with Gasteiger partial charge in [0.15, 0.2) is 11.3 Å². The third kappa shape index (κ3) is 2.79. The summed E-state index contributed by atoms with van der Waals surface area (Å²) in [5, 5.41) is 2.91. The molecule has 0 unspecified atom stereocenters. The summed E-state index contributed by atoms with van der Waals surface area (Å²) in [7, 11) is 1.79. The van der Waals surface area contributed by atoms with Crippen molar-refractivity contribution in [3.8, 4) is 0 Å². The van der Waals surface area contributed by atoms with Gasteiger partial charge in [0.1, 0.15) is 0 Å². The number of nitrogens with zero attached hydrogens (tertiary/aromatic N) is 5. The second-order valence-electron chi connectivity index (χ2n) is 6.34. The highest BCUT2D eigenvalue weighted by molar-refractivity contribution is 5.97. The Kier molecular flexibility index (Phi) is 4.08. The predicted octanol–water partition coefficient (Wildman–Crippen LogP) is 1.07. The van der Waals surface area contributed by atoms with Crippen molar-refractivity contribution < 1.29 is 9.59 Å². The highest BCUT2D eigenvalue weighted by Crippen LogP contribution is 2.36. The summed E-state index contributed by atoms with van der Waals surface area (Å²) in [6.45, 7) is 0.373. The molecule has 132 valence electrons. The Morgan fingerprint density at radius 2 is 2.08 bits per heavy atom. The molecule has 4 rings (SSSR count). The number of hydrogen-bond acceptors (Lipinski definition) is 5.